The third kappa shape index (κ3) is 3.79. The Labute approximate surface area is 119 Å². The van der Waals surface area contributed by atoms with Crippen LogP contribution in [0.3, 0.4) is 0 Å². The molecule has 0 radical (unpaired) electrons. The fourth-order valence-corrected chi connectivity index (χ4v) is 2.26. The van der Waals surface area contributed by atoms with Gasteiger partial charge in [0.2, 0.25) is 5.91 Å². The van der Waals surface area contributed by atoms with Gasteiger partial charge in [0.05, 0.1) is 13.0 Å². The zero-order valence-corrected chi connectivity index (χ0v) is 11.3. The molecule has 20 heavy (non-hydrogen) atoms. The number of nitrogens with one attached hydrogen (secondary N) is 1. The lowest BCUT2D eigenvalue weighted by molar-refractivity contribution is -0.120. The van der Waals surface area contributed by atoms with Crippen molar-refractivity contribution in [1.29, 1.82) is 0 Å². The molecule has 0 aliphatic rings. The number of carboxylic acids is 1. The van der Waals surface area contributed by atoms with Crippen molar-refractivity contribution in [3.05, 3.63) is 45.9 Å². The number of carbonyl (C=O) groups is 2. The minimum atomic E-state index is -1.07. The van der Waals surface area contributed by atoms with Crippen LogP contribution in [0.1, 0.15) is 21.1 Å². The number of carboxylic acid groups (broad SMARTS) is 1. The summed E-state index contributed by atoms with van der Waals surface area (Å²) >= 11 is 1.20. The van der Waals surface area contributed by atoms with Crippen molar-refractivity contribution >= 4 is 28.9 Å². The molecular formula is C13H13N3O3S. The molecule has 1 heterocycles. The summed E-state index contributed by atoms with van der Waals surface area (Å²) in [4.78, 5) is 26.3. The molecule has 6 nitrogen and oxygen atoms in total. The second-order valence-electron chi connectivity index (χ2n) is 4.13. The first kappa shape index (κ1) is 14.0. The average Bonchev–Trinajstić information content (AvgIpc) is 2.88. The van der Waals surface area contributed by atoms with Crippen molar-refractivity contribution in [2.45, 2.75) is 13.0 Å². The summed E-state index contributed by atoms with van der Waals surface area (Å²) in [6.07, 6.45) is 0.247. The van der Waals surface area contributed by atoms with Gasteiger partial charge in [-0.2, -0.15) is 0 Å². The highest BCUT2D eigenvalue weighted by atomic mass is 32.1. The Hall–Kier alpha value is -2.41. The molecule has 0 bridgehead atoms. The lowest BCUT2D eigenvalue weighted by atomic mass is 10.1. The van der Waals surface area contributed by atoms with Crippen LogP contribution in [-0.4, -0.2) is 22.0 Å². The second-order valence-corrected chi connectivity index (χ2v) is 5.07. The Kier molecular flexibility index (Phi) is 4.31. The van der Waals surface area contributed by atoms with E-state index in [2.05, 4.69) is 10.3 Å². The number of nitrogen functional groups attached to an aromatic ring is 1. The predicted molar refractivity (Wildman–Crippen MR) is 75.5 cm³/mol. The molecule has 2 aromatic rings. The second kappa shape index (κ2) is 6.16. The zero-order chi connectivity index (χ0) is 14.5. The van der Waals surface area contributed by atoms with Gasteiger partial charge in [0.25, 0.3) is 0 Å². The maximum atomic E-state index is 11.7. The van der Waals surface area contributed by atoms with Gasteiger partial charge in [0.15, 0.2) is 5.69 Å². The fraction of sp³-hybridized carbons (Fsp3) is 0.154. The zero-order valence-electron chi connectivity index (χ0n) is 10.5. The highest BCUT2D eigenvalue weighted by Gasteiger charge is 2.09. The Morgan fingerprint density at radius 2 is 2.00 bits per heavy atom. The Morgan fingerprint density at radius 3 is 2.60 bits per heavy atom. The van der Waals surface area contributed by atoms with Crippen LogP contribution in [0.25, 0.3) is 0 Å². The van der Waals surface area contributed by atoms with Crippen LogP contribution < -0.4 is 11.1 Å². The Balaban J connectivity index is 1.85. The number of aromatic nitrogens is 1. The molecule has 2 rings (SSSR count). The van der Waals surface area contributed by atoms with E-state index in [1.165, 1.54) is 16.7 Å². The Morgan fingerprint density at radius 1 is 1.30 bits per heavy atom. The molecule has 0 unspecified atom stereocenters. The number of nitrogens with zero attached hydrogens (tertiary/aromatic N) is 1. The summed E-state index contributed by atoms with van der Waals surface area (Å²) in [5, 5.41) is 13.4. The molecule has 7 heteroatoms. The maximum Gasteiger partial charge on any atom is 0.355 e. The molecule has 0 saturated carbocycles. The van der Waals surface area contributed by atoms with Gasteiger partial charge in [0, 0.05) is 11.1 Å². The molecule has 0 aliphatic carbocycles. The standard InChI is InChI=1S/C13H13N3O3S/c14-9-3-1-8(2-4-9)5-11(17)15-6-12-16-10(7-20-12)13(18)19/h1-4,7H,5-6,14H2,(H,15,17)(H,18,19). The predicted octanol–water partition coefficient (Wildman–Crippen LogP) is 1.28. The van der Waals surface area contributed by atoms with E-state index < -0.39 is 5.97 Å². The van der Waals surface area contributed by atoms with Crippen molar-refractivity contribution in [2.24, 2.45) is 0 Å². The highest BCUT2D eigenvalue weighted by molar-refractivity contribution is 7.09. The van der Waals surface area contributed by atoms with E-state index in [0.717, 1.165) is 5.56 Å². The quantitative estimate of drug-likeness (QED) is 0.720. The van der Waals surface area contributed by atoms with E-state index in [9.17, 15) is 9.59 Å². The normalized spacial score (nSPS) is 10.2. The lowest BCUT2D eigenvalue weighted by Crippen LogP contribution is -2.24. The van der Waals surface area contributed by atoms with Crippen LogP contribution in [-0.2, 0) is 17.8 Å². The van der Waals surface area contributed by atoms with Crippen LogP contribution in [0.2, 0.25) is 0 Å². The minimum absolute atomic E-state index is 0.00205. The van der Waals surface area contributed by atoms with Crippen molar-refractivity contribution in [1.82, 2.24) is 10.3 Å². The third-order valence-electron chi connectivity index (χ3n) is 2.55. The first-order valence-corrected chi connectivity index (χ1v) is 6.71. The summed E-state index contributed by atoms with van der Waals surface area (Å²) in [7, 11) is 0. The molecule has 4 N–H and O–H groups in total. The number of nitrogens with two attached hydrogens (primary N) is 1. The summed E-state index contributed by atoms with van der Waals surface area (Å²) in [5.74, 6) is -1.22. The SMILES string of the molecule is Nc1ccc(CC(=O)NCc2nc(C(=O)O)cs2)cc1. The Bertz CT molecular complexity index is 622. The molecule has 1 aromatic carbocycles. The van der Waals surface area contributed by atoms with Crippen molar-refractivity contribution in [3.8, 4) is 0 Å². The van der Waals surface area contributed by atoms with E-state index in [1.54, 1.807) is 24.3 Å². The maximum absolute atomic E-state index is 11.7. The molecule has 1 amide bonds. The molecule has 0 saturated heterocycles. The van der Waals surface area contributed by atoms with E-state index in [1.807, 2.05) is 0 Å². The molecule has 0 aliphatic heterocycles. The van der Waals surface area contributed by atoms with E-state index in [0.29, 0.717) is 10.7 Å². The van der Waals surface area contributed by atoms with Crippen LogP contribution in [0.4, 0.5) is 5.69 Å². The van der Waals surface area contributed by atoms with Crippen molar-refractivity contribution in [2.75, 3.05) is 5.73 Å². The number of anilines is 1. The highest BCUT2D eigenvalue weighted by Crippen LogP contribution is 2.10. The number of benzene rings is 1. The summed E-state index contributed by atoms with van der Waals surface area (Å²) < 4.78 is 0. The van der Waals surface area contributed by atoms with E-state index in [-0.39, 0.29) is 24.6 Å². The van der Waals surface area contributed by atoms with E-state index in [4.69, 9.17) is 10.8 Å². The van der Waals surface area contributed by atoms with Crippen LogP contribution >= 0.6 is 11.3 Å². The molecule has 0 spiro atoms. The van der Waals surface area contributed by atoms with Gasteiger partial charge in [-0.25, -0.2) is 9.78 Å². The summed E-state index contributed by atoms with van der Waals surface area (Å²) in [6, 6.07) is 7.06. The number of amides is 1. The van der Waals surface area contributed by atoms with Gasteiger partial charge in [-0.1, -0.05) is 12.1 Å². The van der Waals surface area contributed by atoms with Gasteiger partial charge in [0.1, 0.15) is 5.01 Å². The fourth-order valence-electron chi connectivity index (χ4n) is 1.55. The molecular weight excluding hydrogens is 278 g/mol. The van der Waals surface area contributed by atoms with E-state index >= 15 is 0 Å². The molecule has 1 aromatic heterocycles. The third-order valence-corrected chi connectivity index (χ3v) is 3.40. The van der Waals surface area contributed by atoms with Gasteiger partial charge >= 0.3 is 5.97 Å². The number of hydrogen-bond donors (Lipinski definition) is 3. The van der Waals surface area contributed by atoms with Crippen LogP contribution in [0.5, 0.6) is 0 Å². The number of aromatic carboxylic acids is 1. The average molecular weight is 291 g/mol. The van der Waals surface area contributed by atoms with Crippen molar-refractivity contribution < 1.29 is 14.7 Å². The molecule has 104 valence electrons. The lowest BCUT2D eigenvalue weighted by Gasteiger charge is -2.03. The van der Waals surface area contributed by atoms with Gasteiger partial charge in [-0.3, -0.25) is 4.79 Å². The first-order chi connectivity index (χ1) is 9.54. The monoisotopic (exact) mass is 291 g/mol. The van der Waals surface area contributed by atoms with Gasteiger partial charge < -0.3 is 16.2 Å². The number of thiazole rings is 1. The van der Waals surface area contributed by atoms with Crippen LogP contribution in [0, 0.1) is 0 Å². The first-order valence-electron chi connectivity index (χ1n) is 5.83. The van der Waals surface area contributed by atoms with Crippen molar-refractivity contribution in [3.63, 3.8) is 0 Å². The molecule has 0 fully saturated rings. The minimum Gasteiger partial charge on any atom is -0.476 e. The number of hydrogen-bond acceptors (Lipinski definition) is 5. The molecule has 0 atom stereocenters. The largest absolute Gasteiger partial charge is 0.476 e. The smallest absolute Gasteiger partial charge is 0.355 e. The summed E-state index contributed by atoms with van der Waals surface area (Å²) in [6.45, 7) is 0.228. The van der Waals surface area contributed by atoms with Gasteiger partial charge in [-0.05, 0) is 17.7 Å². The van der Waals surface area contributed by atoms with Gasteiger partial charge in [-0.15, -0.1) is 11.3 Å². The number of carbonyl (C=O) groups excluding carboxylic acids is 1. The topological polar surface area (TPSA) is 105 Å². The summed E-state index contributed by atoms with van der Waals surface area (Å²) in [5.41, 5.74) is 7.08. The number of rotatable bonds is 5. The van der Waals surface area contributed by atoms with Crippen LogP contribution in [0.15, 0.2) is 29.6 Å².